The number of hydrogen-bond acceptors (Lipinski definition) is 2. The number of carbonyl (C=O) groups is 1. The Balaban J connectivity index is 1.61. The van der Waals surface area contributed by atoms with Crippen LogP contribution < -0.4 is 5.32 Å². The molecule has 1 atom stereocenters. The van der Waals surface area contributed by atoms with E-state index in [4.69, 9.17) is 0 Å². The van der Waals surface area contributed by atoms with Gasteiger partial charge in [-0.1, -0.05) is 12.8 Å². The summed E-state index contributed by atoms with van der Waals surface area (Å²) >= 11 is 0. The Morgan fingerprint density at radius 3 is 2.83 bits per heavy atom. The minimum Gasteiger partial charge on any atom is -0.323 e. The highest BCUT2D eigenvalue weighted by Crippen LogP contribution is 2.63. The Kier molecular flexibility index (Phi) is 2.68. The van der Waals surface area contributed by atoms with E-state index in [1.165, 1.54) is 25.7 Å². The van der Waals surface area contributed by atoms with Crippen molar-refractivity contribution in [3.05, 3.63) is 12.4 Å². The summed E-state index contributed by atoms with van der Waals surface area (Å²) in [4.78, 5) is 12.2. The maximum absolute atomic E-state index is 12.2. The Morgan fingerprint density at radius 1 is 1.50 bits per heavy atom. The van der Waals surface area contributed by atoms with Gasteiger partial charge < -0.3 is 5.32 Å². The minimum atomic E-state index is 0.195. The number of nitrogens with one attached hydrogen (secondary N) is 1. The van der Waals surface area contributed by atoms with Crippen molar-refractivity contribution in [1.29, 1.82) is 0 Å². The van der Waals surface area contributed by atoms with Crippen molar-refractivity contribution < 1.29 is 4.79 Å². The molecule has 1 heterocycles. The molecule has 1 unspecified atom stereocenters. The first-order chi connectivity index (χ1) is 8.61. The molecule has 98 valence electrons. The summed E-state index contributed by atoms with van der Waals surface area (Å²) in [6.45, 7) is 4.15. The highest BCUT2D eigenvalue weighted by Gasteiger charge is 2.58. The molecule has 0 aromatic carbocycles. The summed E-state index contributed by atoms with van der Waals surface area (Å²) in [5.41, 5.74) is 1.20. The maximum atomic E-state index is 12.2. The normalized spacial score (nSPS) is 24.7. The largest absolute Gasteiger partial charge is 0.323 e. The molecule has 2 aliphatic carbocycles. The molecular weight excluding hydrogens is 226 g/mol. The number of aromatic nitrogens is 2. The van der Waals surface area contributed by atoms with Crippen LogP contribution in [0.2, 0.25) is 0 Å². The topological polar surface area (TPSA) is 46.9 Å². The third-order valence-corrected chi connectivity index (χ3v) is 4.50. The molecule has 2 aliphatic rings. The van der Waals surface area contributed by atoms with Gasteiger partial charge in [0.25, 0.3) is 0 Å². The fourth-order valence-corrected chi connectivity index (χ4v) is 3.26. The number of rotatable bonds is 3. The minimum absolute atomic E-state index is 0.195. The molecule has 1 amide bonds. The Labute approximate surface area is 108 Å². The van der Waals surface area contributed by atoms with Crippen LogP contribution in [0.25, 0.3) is 0 Å². The molecule has 0 radical (unpaired) electrons. The van der Waals surface area contributed by atoms with Crippen LogP contribution >= 0.6 is 0 Å². The molecular formula is C14H21N3O. The van der Waals surface area contributed by atoms with Gasteiger partial charge in [0, 0.05) is 18.2 Å². The smallest absolute Gasteiger partial charge is 0.228 e. The second kappa shape index (κ2) is 4.11. The van der Waals surface area contributed by atoms with Gasteiger partial charge in [-0.05, 0) is 38.5 Å². The van der Waals surface area contributed by atoms with E-state index >= 15 is 0 Å². The summed E-state index contributed by atoms with van der Waals surface area (Å²) in [5.74, 6) is 0.447. The molecule has 3 rings (SSSR count). The molecule has 1 spiro atoms. The summed E-state index contributed by atoms with van der Waals surface area (Å²) in [6, 6.07) is 0.331. The SMILES string of the molecule is CC(C)n1cc(NC(=O)C2CC23CCCC3)cn1. The number of amides is 1. The van der Waals surface area contributed by atoms with Gasteiger partial charge in [0.15, 0.2) is 0 Å². The molecule has 1 aromatic heterocycles. The van der Waals surface area contributed by atoms with Gasteiger partial charge in [-0.15, -0.1) is 0 Å². The molecule has 2 fully saturated rings. The van der Waals surface area contributed by atoms with Crippen molar-refractivity contribution in [2.45, 2.75) is 52.0 Å². The van der Waals surface area contributed by atoms with Crippen LogP contribution in [0, 0.1) is 11.3 Å². The average molecular weight is 247 g/mol. The lowest BCUT2D eigenvalue weighted by molar-refractivity contribution is -0.118. The zero-order valence-corrected chi connectivity index (χ0v) is 11.1. The Bertz CT molecular complexity index is 457. The predicted octanol–water partition coefficient (Wildman–Crippen LogP) is 2.98. The summed E-state index contributed by atoms with van der Waals surface area (Å²) < 4.78 is 1.87. The first-order valence-electron chi connectivity index (χ1n) is 6.96. The summed E-state index contributed by atoms with van der Waals surface area (Å²) in [5, 5.41) is 7.25. The van der Waals surface area contributed by atoms with E-state index < -0.39 is 0 Å². The van der Waals surface area contributed by atoms with Crippen LogP contribution in [0.5, 0.6) is 0 Å². The van der Waals surface area contributed by atoms with E-state index in [2.05, 4.69) is 24.3 Å². The van der Waals surface area contributed by atoms with Crippen molar-refractivity contribution in [3.8, 4) is 0 Å². The fourth-order valence-electron chi connectivity index (χ4n) is 3.26. The molecule has 2 saturated carbocycles. The van der Waals surface area contributed by atoms with Crippen molar-refractivity contribution in [2.24, 2.45) is 11.3 Å². The Morgan fingerprint density at radius 2 is 2.22 bits per heavy atom. The molecule has 18 heavy (non-hydrogen) atoms. The van der Waals surface area contributed by atoms with Crippen molar-refractivity contribution in [3.63, 3.8) is 0 Å². The lowest BCUT2D eigenvalue weighted by Crippen LogP contribution is -2.17. The highest BCUT2D eigenvalue weighted by atomic mass is 16.2. The molecule has 4 heteroatoms. The lowest BCUT2D eigenvalue weighted by Gasteiger charge is -2.07. The van der Waals surface area contributed by atoms with Gasteiger partial charge in [0.2, 0.25) is 5.91 Å². The van der Waals surface area contributed by atoms with Crippen molar-refractivity contribution in [1.82, 2.24) is 9.78 Å². The Hall–Kier alpha value is -1.32. The van der Waals surface area contributed by atoms with Gasteiger partial charge >= 0.3 is 0 Å². The van der Waals surface area contributed by atoms with E-state index in [1.807, 2.05) is 10.9 Å². The standard InChI is InChI=1S/C14H21N3O/c1-10(2)17-9-11(8-15-17)16-13(18)12-7-14(12)5-3-4-6-14/h8-10,12H,3-7H2,1-2H3,(H,16,18). The predicted molar refractivity (Wildman–Crippen MR) is 70.2 cm³/mol. The van der Waals surface area contributed by atoms with Crippen LogP contribution in [-0.4, -0.2) is 15.7 Å². The number of hydrogen-bond donors (Lipinski definition) is 1. The zero-order chi connectivity index (χ0) is 12.8. The molecule has 1 aromatic rings. The van der Waals surface area contributed by atoms with Gasteiger partial charge in [0.05, 0.1) is 11.9 Å². The quantitative estimate of drug-likeness (QED) is 0.892. The molecule has 1 N–H and O–H groups in total. The van der Waals surface area contributed by atoms with Crippen LogP contribution in [0.3, 0.4) is 0 Å². The third kappa shape index (κ3) is 1.93. The van der Waals surface area contributed by atoms with Crippen molar-refractivity contribution in [2.75, 3.05) is 5.32 Å². The first-order valence-corrected chi connectivity index (χ1v) is 6.96. The van der Waals surface area contributed by atoms with Gasteiger partial charge in [0.1, 0.15) is 0 Å². The second-order valence-corrected chi connectivity index (χ2v) is 6.12. The number of carbonyl (C=O) groups excluding carboxylic acids is 1. The zero-order valence-electron chi connectivity index (χ0n) is 11.1. The monoisotopic (exact) mass is 247 g/mol. The lowest BCUT2D eigenvalue weighted by atomic mass is 10.0. The van der Waals surface area contributed by atoms with Gasteiger partial charge in [-0.2, -0.15) is 5.10 Å². The first kappa shape index (κ1) is 11.8. The van der Waals surface area contributed by atoms with E-state index in [0.29, 0.717) is 11.5 Å². The number of nitrogens with zero attached hydrogens (tertiary/aromatic N) is 2. The molecule has 4 nitrogen and oxygen atoms in total. The molecule has 0 saturated heterocycles. The van der Waals surface area contributed by atoms with Crippen LogP contribution in [-0.2, 0) is 4.79 Å². The molecule has 0 bridgehead atoms. The summed E-state index contributed by atoms with van der Waals surface area (Å²) in [7, 11) is 0. The van der Waals surface area contributed by atoms with Crippen LogP contribution in [0.4, 0.5) is 5.69 Å². The van der Waals surface area contributed by atoms with Gasteiger partial charge in [-0.25, -0.2) is 0 Å². The van der Waals surface area contributed by atoms with Crippen LogP contribution in [0.15, 0.2) is 12.4 Å². The van der Waals surface area contributed by atoms with E-state index in [1.54, 1.807) is 6.20 Å². The van der Waals surface area contributed by atoms with E-state index in [9.17, 15) is 4.79 Å². The van der Waals surface area contributed by atoms with Crippen molar-refractivity contribution >= 4 is 11.6 Å². The fraction of sp³-hybridized carbons (Fsp3) is 0.714. The highest BCUT2D eigenvalue weighted by molar-refractivity contribution is 5.94. The second-order valence-electron chi connectivity index (χ2n) is 6.12. The molecule has 0 aliphatic heterocycles. The van der Waals surface area contributed by atoms with E-state index in [0.717, 1.165) is 12.1 Å². The van der Waals surface area contributed by atoms with Crippen LogP contribution in [0.1, 0.15) is 52.0 Å². The average Bonchev–Trinajstić information content (AvgIpc) is 2.68. The van der Waals surface area contributed by atoms with E-state index in [-0.39, 0.29) is 11.8 Å². The van der Waals surface area contributed by atoms with Gasteiger partial charge in [-0.3, -0.25) is 9.48 Å². The summed E-state index contributed by atoms with van der Waals surface area (Å²) in [6.07, 6.45) is 9.84. The number of anilines is 1. The maximum Gasteiger partial charge on any atom is 0.228 e. The third-order valence-electron chi connectivity index (χ3n) is 4.50.